The van der Waals surface area contributed by atoms with Gasteiger partial charge in [0.2, 0.25) is 0 Å². The van der Waals surface area contributed by atoms with Crippen LogP contribution in [0.25, 0.3) is 5.65 Å². The molecule has 3 aromatic heterocycles. The zero-order valence-electron chi connectivity index (χ0n) is 10.3. The third-order valence-corrected chi connectivity index (χ3v) is 3.91. The fraction of sp³-hybridized carbons (Fsp3) is 0.214. The van der Waals surface area contributed by atoms with Crippen molar-refractivity contribution in [3.8, 4) is 0 Å². The topological polar surface area (TPSA) is 29.3 Å². The van der Waals surface area contributed by atoms with Gasteiger partial charge in [-0.1, -0.05) is 6.07 Å². The Morgan fingerprint density at radius 1 is 1.28 bits per heavy atom. The van der Waals surface area contributed by atoms with Crippen LogP contribution in [0.2, 0.25) is 0 Å². The summed E-state index contributed by atoms with van der Waals surface area (Å²) in [6.45, 7) is 3.86. The van der Waals surface area contributed by atoms with Crippen molar-refractivity contribution in [2.75, 3.05) is 0 Å². The number of pyridine rings is 1. The Labute approximate surface area is 110 Å². The largest absolute Gasteiger partial charge is 0.307 e. The predicted octanol–water partition coefficient (Wildman–Crippen LogP) is 2.99. The summed E-state index contributed by atoms with van der Waals surface area (Å²) in [7, 11) is 0. The van der Waals surface area contributed by atoms with Gasteiger partial charge in [-0.15, -0.1) is 0 Å². The van der Waals surface area contributed by atoms with E-state index in [1.807, 2.05) is 28.8 Å². The second-order valence-electron chi connectivity index (χ2n) is 4.38. The molecule has 0 aliphatic heterocycles. The highest BCUT2D eigenvalue weighted by atomic mass is 32.1. The number of aromatic nitrogens is 2. The average molecular weight is 257 g/mol. The van der Waals surface area contributed by atoms with Crippen LogP contribution in [-0.2, 0) is 13.1 Å². The third-order valence-electron chi connectivity index (χ3n) is 3.00. The molecule has 0 aliphatic rings. The first-order valence-corrected chi connectivity index (χ1v) is 6.92. The van der Waals surface area contributed by atoms with Gasteiger partial charge in [0.25, 0.3) is 0 Å². The SMILES string of the molecule is Cc1cscc1CNCc1cn2ccccc2n1. The highest BCUT2D eigenvalue weighted by Gasteiger charge is 2.02. The van der Waals surface area contributed by atoms with Crippen LogP contribution in [0.4, 0.5) is 0 Å². The van der Waals surface area contributed by atoms with Crippen molar-refractivity contribution in [2.45, 2.75) is 20.0 Å². The smallest absolute Gasteiger partial charge is 0.137 e. The number of imidazole rings is 1. The van der Waals surface area contributed by atoms with Crippen molar-refractivity contribution in [1.82, 2.24) is 14.7 Å². The minimum atomic E-state index is 0.803. The van der Waals surface area contributed by atoms with Crippen LogP contribution in [0.15, 0.2) is 41.4 Å². The molecule has 0 saturated heterocycles. The van der Waals surface area contributed by atoms with Gasteiger partial charge in [0.05, 0.1) is 5.69 Å². The van der Waals surface area contributed by atoms with Gasteiger partial charge in [0, 0.05) is 25.5 Å². The Hall–Kier alpha value is -1.65. The summed E-state index contributed by atoms with van der Waals surface area (Å²) in [5.41, 5.74) is 4.82. The Balaban J connectivity index is 1.65. The van der Waals surface area contributed by atoms with E-state index in [1.54, 1.807) is 11.3 Å². The average Bonchev–Trinajstić information content (AvgIpc) is 2.96. The van der Waals surface area contributed by atoms with Crippen molar-refractivity contribution in [3.63, 3.8) is 0 Å². The molecule has 4 heteroatoms. The summed E-state index contributed by atoms with van der Waals surface area (Å²) < 4.78 is 2.05. The minimum absolute atomic E-state index is 0.803. The lowest BCUT2D eigenvalue weighted by atomic mass is 10.2. The van der Waals surface area contributed by atoms with Crippen LogP contribution in [0.3, 0.4) is 0 Å². The number of hydrogen-bond acceptors (Lipinski definition) is 3. The second-order valence-corrected chi connectivity index (χ2v) is 5.13. The van der Waals surface area contributed by atoms with Gasteiger partial charge in [0.1, 0.15) is 5.65 Å². The van der Waals surface area contributed by atoms with E-state index < -0.39 is 0 Å². The van der Waals surface area contributed by atoms with Crippen LogP contribution >= 0.6 is 11.3 Å². The number of nitrogens with zero attached hydrogens (tertiary/aromatic N) is 2. The first kappa shape index (κ1) is 11.4. The van der Waals surface area contributed by atoms with Crippen molar-refractivity contribution < 1.29 is 0 Å². The summed E-state index contributed by atoms with van der Waals surface area (Å²) in [6.07, 6.45) is 4.09. The van der Waals surface area contributed by atoms with E-state index in [0.29, 0.717) is 0 Å². The molecule has 0 spiro atoms. The summed E-state index contributed by atoms with van der Waals surface area (Å²) >= 11 is 1.76. The fourth-order valence-corrected chi connectivity index (χ4v) is 2.82. The van der Waals surface area contributed by atoms with Crippen molar-refractivity contribution >= 4 is 17.0 Å². The normalized spacial score (nSPS) is 11.2. The van der Waals surface area contributed by atoms with Gasteiger partial charge in [-0.2, -0.15) is 11.3 Å². The lowest BCUT2D eigenvalue weighted by molar-refractivity contribution is 0.682. The summed E-state index contributed by atoms with van der Waals surface area (Å²) in [5.74, 6) is 0. The first-order chi connectivity index (χ1) is 8.83. The lowest BCUT2D eigenvalue weighted by Gasteiger charge is -2.01. The molecule has 0 saturated carbocycles. The van der Waals surface area contributed by atoms with E-state index in [4.69, 9.17) is 0 Å². The van der Waals surface area contributed by atoms with Gasteiger partial charge in [0.15, 0.2) is 0 Å². The molecule has 0 aromatic carbocycles. The van der Waals surface area contributed by atoms with Crippen LogP contribution in [0.1, 0.15) is 16.8 Å². The summed E-state index contributed by atoms with van der Waals surface area (Å²) in [4.78, 5) is 4.56. The van der Waals surface area contributed by atoms with E-state index in [1.165, 1.54) is 11.1 Å². The molecule has 3 rings (SSSR count). The number of hydrogen-bond donors (Lipinski definition) is 1. The highest BCUT2D eigenvalue weighted by molar-refractivity contribution is 7.08. The van der Waals surface area contributed by atoms with Gasteiger partial charge in [-0.25, -0.2) is 4.98 Å². The molecule has 92 valence electrons. The molecule has 0 fully saturated rings. The molecular formula is C14H15N3S. The van der Waals surface area contributed by atoms with Crippen LogP contribution in [-0.4, -0.2) is 9.38 Å². The van der Waals surface area contributed by atoms with Crippen LogP contribution < -0.4 is 5.32 Å². The molecule has 1 N–H and O–H groups in total. The maximum atomic E-state index is 4.56. The molecule has 0 atom stereocenters. The standard InChI is InChI=1S/C14H15N3S/c1-11-9-18-10-12(11)6-15-7-13-8-17-5-3-2-4-14(17)16-13/h2-5,8-10,15H,6-7H2,1H3. The molecule has 3 heterocycles. The number of thiophene rings is 1. The van der Waals surface area contributed by atoms with Crippen molar-refractivity contribution in [1.29, 1.82) is 0 Å². The van der Waals surface area contributed by atoms with Crippen molar-refractivity contribution in [2.24, 2.45) is 0 Å². The Bertz CT molecular complexity index is 621. The molecule has 3 aromatic rings. The predicted molar refractivity (Wildman–Crippen MR) is 74.8 cm³/mol. The maximum Gasteiger partial charge on any atom is 0.137 e. The quantitative estimate of drug-likeness (QED) is 0.778. The Morgan fingerprint density at radius 2 is 2.22 bits per heavy atom. The molecule has 0 bridgehead atoms. The van der Waals surface area contributed by atoms with Crippen LogP contribution in [0, 0.1) is 6.92 Å². The molecule has 3 nitrogen and oxygen atoms in total. The fourth-order valence-electron chi connectivity index (χ4n) is 1.97. The zero-order chi connectivity index (χ0) is 12.4. The van der Waals surface area contributed by atoms with E-state index in [-0.39, 0.29) is 0 Å². The Kier molecular flexibility index (Phi) is 3.13. The molecule has 18 heavy (non-hydrogen) atoms. The lowest BCUT2D eigenvalue weighted by Crippen LogP contribution is -2.12. The van der Waals surface area contributed by atoms with Crippen molar-refractivity contribution in [3.05, 3.63) is 58.2 Å². The van der Waals surface area contributed by atoms with Gasteiger partial charge in [-0.05, 0) is 40.9 Å². The van der Waals surface area contributed by atoms with E-state index in [9.17, 15) is 0 Å². The molecule has 0 aliphatic carbocycles. The van der Waals surface area contributed by atoms with Gasteiger partial charge < -0.3 is 9.72 Å². The summed E-state index contributed by atoms with van der Waals surface area (Å²) in [6, 6.07) is 6.04. The van der Waals surface area contributed by atoms with E-state index in [2.05, 4.69) is 34.2 Å². The monoisotopic (exact) mass is 257 g/mol. The van der Waals surface area contributed by atoms with E-state index in [0.717, 1.165) is 24.4 Å². The van der Waals surface area contributed by atoms with E-state index >= 15 is 0 Å². The molecular weight excluding hydrogens is 242 g/mol. The summed E-state index contributed by atoms with van der Waals surface area (Å²) in [5, 5.41) is 7.82. The second kappa shape index (κ2) is 4.92. The number of fused-ring (bicyclic) bond motifs is 1. The molecule has 0 radical (unpaired) electrons. The molecule has 0 unspecified atom stereocenters. The number of nitrogens with one attached hydrogen (secondary N) is 1. The number of rotatable bonds is 4. The highest BCUT2D eigenvalue weighted by Crippen LogP contribution is 2.13. The Morgan fingerprint density at radius 3 is 3.00 bits per heavy atom. The minimum Gasteiger partial charge on any atom is -0.307 e. The number of aryl methyl sites for hydroxylation is 1. The first-order valence-electron chi connectivity index (χ1n) is 5.98. The maximum absolute atomic E-state index is 4.56. The van der Waals surface area contributed by atoms with Crippen LogP contribution in [0.5, 0.6) is 0 Å². The van der Waals surface area contributed by atoms with Gasteiger partial charge >= 0.3 is 0 Å². The third kappa shape index (κ3) is 2.30. The van der Waals surface area contributed by atoms with Gasteiger partial charge in [-0.3, -0.25) is 0 Å². The zero-order valence-corrected chi connectivity index (χ0v) is 11.1. The molecule has 0 amide bonds.